The van der Waals surface area contributed by atoms with Gasteiger partial charge in [-0.3, -0.25) is 0 Å². The highest BCUT2D eigenvalue weighted by atomic mass is 16.5. The molecule has 1 rings (SSSR count). The van der Waals surface area contributed by atoms with Crippen molar-refractivity contribution >= 4 is 0 Å². The Morgan fingerprint density at radius 3 is 2.80 bits per heavy atom. The van der Waals surface area contributed by atoms with Crippen LogP contribution in [-0.2, 0) is 4.74 Å². The second kappa shape index (κ2) is 3.17. The Morgan fingerprint density at radius 1 is 1.60 bits per heavy atom. The van der Waals surface area contributed by atoms with E-state index in [2.05, 4.69) is 0 Å². The Hall–Kier alpha value is -0.340. The molecule has 0 amide bonds. The fraction of sp³-hybridized carbons (Fsp3) is 0.750. The lowest BCUT2D eigenvalue weighted by molar-refractivity contribution is 0.0135. The van der Waals surface area contributed by atoms with Crippen LogP contribution in [0.3, 0.4) is 0 Å². The first-order valence-electron chi connectivity index (χ1n) is 3.63. The van der Waals surface area contributed by atoms with Crippen molar-refractivity contribution in [3.63, 3.8) is 0 Å². The van der Waals surface area contributed by atoms with Crippen LogP contribution in [0.4, 0.5) is 0 Å². The first kappa shape index (κ1) is 7.76. The van der Waals surface area contributed by atoms with Crippen molar-refractivity contribution in [2.45, 2.75) is 25.6 Å². The minimum Gasteiger partial charge on any atom is -0.392 e. The first-order chi connectivity index (χ1) is 4.75. The molecule has 2 nitrogen and oxygen atoms in total. The number of aliphatic hydroxyl groups is 1. The van der Waals surface area contributed by atoms with Gasteiger partial charge in [0.15, 0.2) is 0 Å². The zero-order valence-corrected chi connectivity index (χ0v) is 6.45. The van der Waals surface area contributed by atoms with Gasteiger partial charge in [-0.25, -0.2) is 0 Å². The van der Waals surface area contributed by atoms with Crippen LogP contribution in [0.1, 0.15) is 13.3 Å². The maximum Gasteiger partial charge on any atom is 0.0802 e. The normalized spacial score (nSPS) is 40.1. The van der Waals surface area contributed by atoms with Gasteiger partial charge in [-0.05, 0) is 6.42 Å². The van der Waals surface area contributed by atoms with E-state index in [4.69, 9.17) is 4.74 Å². The molecule has 0 aliphatic heterocycles. The van der Waals surface area contributed by atoms with E-state index in [0.717, 1.165) is 6.42 Å². The van der Waals surface area contributed by atoms with Gasteiger partial charge >= 0.3 is 0 Å². The fourth-order valence-electron chi connectivity index (χ4n) is 1.25. The third-order valence-corrected chi connectivity index (χ3v) is 2.10. The van der Waals surface area contributed by atoms with E-state index in [1.807, 2.05) is 19.1 Å². The molecule has 58 valence electrons. The number of hydrogen-bond acceptors (Lipinski definition) is 2. The quantitative estimate of drug-likeness (QED) is 0.552. The van der Waals surface area contributed by atoms with E-state index >= 15 is 0 Å². The van der Waals surface area contributed by atoms with Crippen LogP contribution in [0.2, 0.25) is 0 Å². The maximum atomic E-state index is 9.35. The number of hydrogen-bond donors (Lipinski definition) is 1. The molecule has 0 spiro atoms. The molecule has 0 heterocycles. The van der Waals surface area contributed by atoms with Crippen LogP contribution in [0, 0.1) is 5.92 Å². The molecule has 0 aromatic heterocycles. The van der Waals surface area contributed by atoms with Gasteiger partial charge in [0.2, 0.25) is 0 Å². The topological polar surface area (TPSA) is 29.5 Å². The van der Waals surface area contributed by atoms with Gasteiger partial charge in [0.1, 0.15) is 0 Å². The first-order valence-corrected chi connectivity index (χ1v) is 3.63. The predicted molar refractivity (Wildman–Crippen MR) is 39.7 cm³/mol. The summed E-state index contributed by atoms with van der Waals surface area (Å²) < 4.78 is 5.13. The number of aliphatic hydroxyl groups excluding tert-OH is 1. The van der Waals surface area contributed by atoms with Crippen molar-refractivity contribution < 1.29 is 9.84 Å². The summed E-state index contributed by atoms with van der Waals surface area (Å²) in [4.78, 5) is 0. The smallest absolute Gasteiger partial charge is 0.0802 e. The van der Waals surface area contributed by atoms with Crippen LogP contribution in [0.15, 0.2) is 12.2 Å². The Kier molecular flexibility index (Phi) is 2.46. The molecule has 0 saturated heterocycles. The Morgan fingerprint density at radius 2 is 2.30 bits per heavy atom. The molecule has 0 fully saturated rings. The van der Waals surface area contributed by atoms with Crippen molar-refractivity contribution in [3.8, 4) is 0 Å². The third-order valence-electron chi connectivity index (χ3n) is 2.10. The summed E-state index contributed by atoms with van der Waals surface area (Å²) in [5, 5.41) is 9.35. The molecule has 1 aliphatic carbocycles. The monoisotopic (exact) mass is 142 g/mol. The summed E-state index contributed by atoms with van der Waals surface area (Å²) >= 11 is 0. The molecule has 10 heavy (non-hydrogen) atoms. The standard InChI is InChI=1S/C8H14O2/c1-6-7(9)4-3-5-8(6)10-2/h3,5-9H,4H2,1-2H3/t6-,7-,8+/m0/s1. The third kappa shape index (κ3) is 1.39. The zero-order valence-electron chi connectivity index (χ0n) is 6.45. The van der Waals surface area contributed by atoms with E-state index in [0.29, 0.717) is 0 Å². The van der Waals surface area contributed by atoms with Gasteiger partial charge in [0.05, 0.1) is 12.2 Å². The van der Waals surface area contributed by atoms with Gasteiger partial charge in [0, 0.05) is 13.0 Å². The van der Waals surface area contributed by atoms with Crippen LogP contribution in [0.25, 0.3) is 0 Å². The second-order valence-corrected chi connectivity index (χ2v) is 2.79. The van der Waals surface area contributed by atoms with Crippen LogP contribution in [0.5, 0.6) is 0 Å². The summed E-state index contributed by atoms with van der Waals surface area (Å²) in [6.45, 7) is 2.00. The van der Waals surface area contributed by atoms with Crippen molar-refractivity contribution in [2.75, 3.05) is 7.11 Å². The SMILES string of the molecule is CO[C@@H]1C=CC[C@H](O)[C@@H]1C. The fourth-order valence-corrected chi connectivity index (χ4v) is 1.25. The van der Waals surface area contributed by atoms with E-state index in [9.17, 15) is 5.11 Å². The second-order valence-electron chi connectivity index (χ2n) is 2.79. The van der Waals surface area contributed by atoms with Gasteiger partial charge < -0.3 is 9.84 Å². The minimum atomic E-state index is -0.227. The van der Waals surface area contributed by atoms with Gasteiger partial charge in [-0.15, -0.1) is 0 Å². The summed E-state index contributed by atoms with van der Waals surface area (Å²) in [5.41, 5.74) is 0. The van der Waals surface area contributed by atoms with Gasteiger partial charge in [0.25, 0.3) is 0 Å². The molecule has 0 radical (unpaired) electrons. The molecule has 3 atom stereocenters. The predicted octanol–water partition coefficient (Wildman–Crippen LogP) is 0.958. The average Bonchev–Trinajstić information content (AvgIpc) is 1.95. The van der Waals surface area contributed by atoms with Crippen LogP contribution in [-0.4, -0.2) is 24.4 Å². The average molecular weight is 142 g/mol. The zero-order chi connectivity index (χ0) is 7.56. The Labute approximate surface area is 61.5 Å². The highest BCUT2D eigenvalue weighted by Gasteiger charge is 2.24. The summed E-state index contributed by atoms with van der Waals surface area (Å²) in [6, 6.07) is 0. The molecule has 0 unspecified atom stereocenters. The molecule has 1 N–H and O–H groups in total. The molecule has 0 bridgehead atoms. The highest BCUT2D eigenvalue weighted by molar-refractivity contribution is 5.00. The van der Waals surface area contributed by atoms with E-state index in [1.54, 1.807) is 7.11 Å². The summed E-state index contributed by atoms with van der Waals surface area (Å²) in [6.07, 6.45) is 4.62. The molecule has 0 saturated carbocycles. The largest absolute Gasteiger partial charge is 0.392 e. The lowest BCUT2D eigenvalue weighted by atomic mass is 9.91. The number of rotatable bonds is 1. The van der Waals surface area contributed by atoms with Crippen molar-refractivity contribution in [1.29, 1.82) is 0 Å². The molecular weight excluding hydrogens is 128 g/mol. The van der Waals surface area contributed by atoms with Crippen molar-refractivity contribution in [3.05, 3.63) is 12.2 Å². The van der Waals surface area contributed by atoms with Crippen LogP contribution < -0.4 is 0 Å². The lowest BCUT2D eigenvalue weighted by Crippen LogP contribution is -2.31. The van der Waals surface area contributed by atoms with Crippen molar-refractivity contribution in [1.82, 2.24) is 0 Å². The maximum absolute atomic E-state index is 9.35. The summed E-state index contributed by atoms with van der Waals surface area (Å²) in [7, 11) is 1.67. The Balaban J connectivity index is 2.57. The molecule has 2 heteroatoms. The summed E-state index contributed by atoms with van der Waals surface area (Å²) in [5.74, 6) is 0.231. The van der Waals surface area contributed by atoms with Gasteiger partial charge in [-0.1, -0.05) is 19.1 Å². The molecular formula is C8H14O2. The highest BCUT2D eigenvalue weighted by Crippen LogP contribution is 2.20. The molecule has 1 aliphatic rings. The van der Waals surface area contributed by atoms with Gasteiger partial charge in [-0.2, -0.15) is 0 Å². The van der Waals surface area contributed by atoms with Crippen LogP contribution >= 0.6 is 0 Å². The van der Waals surface area contributed by atoms with Crippen molar-refractivity contribution in [2.24, 2.45) is 5.92 Å². The van der Waals surface area contributed by atoms with E-state index in [-0.39, 0.29) is 18.1 Å². The minimum absolute atomic E-state index is 0.101. The number of methoxy groups -OCH3 is 1. The Bertz CT molecular complexity index is 131. The number of ether oxygens (including phenoxy) is 1. The molecule has 0 aromatic carbocycles. The van der Waals surface area contributed by atoms with E-state index in [1.165, 1.54) is 0 Å². The molecule has 0 aromatic rings. The van der Waals surface area contributed by atoms with E-state index < -0.39 is 0 Å². The lowest BCUT2D eigenvalue weighted by Gasteiger charge is -2.27.